The normalized spacial score (nSPS) is 16.5. The maximum atomic E-state index is 12.9. The van der Waals surface area contributed by atoms with E-state index in [1.165, 1.54) is 5.56 Å². The van der Waals surface area contributed by atoms with E-state index in [0.717, 1.165) is 57.5 Å². The van der Waals surface area contributed by atoms with Crippen LogP contribution in [0.25, 0.3) is 16.0 Å². The van der Waals surface area contributed by atoms with Gasteiger partial charge in [0, 0.05) is 18.8 Å². The summed E-state index contributed by atoms with van der Waals surface area (Å²) < 4.78 is 3.03. The standard InChI is InChI=1S/C25H27N5OS/c1-16-9-11-21(12-10-16)30-23-22(18(3)28-30)32-25(27-23)29-13-5-7-19(15-29)24(31)26-20-8-4-6-17(2)14-20/h4,6,8-12,14,19H,5,7,13,15H2,1-3H3,(H,26,31). The number of fused-ring (bicyclic) bond motifs is 1. The lowest BCUT2D eigenvalue weighted by Crippen LogP contribution is -2.40. The smallest absolute Gasteiger partial charge is 0.229 e. The minimum absolute atomic E-state index is 0.0500. The second-order valence-electron chi connectivity index (χ2n) is 8.63. The number of hydrogen-bond acceptors (Lipinski definition) is 5. The van der Waals surface area contributed by atoms with Crippen LogP contribution in [0.5, 0.6) is 0 Å². The van der Waals surface area contributed by atoms with Gasteiger partial charge in [-0.25, -0.2) is 4.68 Å². The SMILES string of the molecule is Cc1ccc(-n2nc(C)c3sc(N4CCCC(C(=O)Nc5cccc(C)c5)C4)nc32)cc1. The Bertz CT molecular complexity index is 1270. The Kier molecular flexibility index (Phi) is 5.43. The summed E-state index contributed by atoms with van der Waals surface area (Å²) in [4.78, 5) is 20.1. The molecule has 5 rings (SSSR count). The Balaban J connectivity index is 1.37. The third kappa shape index (κ3) is 4.00. The van der Waals surface area contributed by atoms with E-state index >= 15 is 0 Å². The number of aromatic nitrogens is 3. The van der Waals surface area contributed by atoms with E-state index in [2.05, 4.69) is 41.4 Å². The van der Waals surface area contributed by atoms with Crippen LogP contribution < -0.4 is 10.2 Å². The van der Waals surface area contributed by atoms with Crippen LogP contribution in [0.3, 0.4) is 0 Å². The predicted octanol–water partition coefficient (Wildman–Crippen LogP) is 5.26. The van der Waals surface area contributed by atoms with Crippen molar-refractivity contribution in [1.29, 1.82) is 0 Å². The summed E-state index contributed by atoms with van der Waals surface area (Å²) in [7, 11) is 0. The number of rotatable bonds is 4. The number of nitrogens with one attached hydrogen (secondary N) is 1. The molecule has 7 heteroatoms. The first kappa shape index (κ1) is 20.7. The molecule has 0 saturated carbocycles. The van der Waals surface area contributed by atoms with Gasteiger partial charge in [0.05, 0.1) is 22.0 Å². The Morgan fingerprint density at radius 1 is 1.09 bits per heavy atom. The molecule has 1 N–H and O–H groups in total. The van der Waals surface area contributed by atoms with Crippen LogP contribution in [0.1, 0.15) is 29.7 Å². The van der Waals surface area contributed by atoms with Crippen molar-refractivity contribution in [2.24, 2.45) is 5.92 Å². The number of piperidine rings is 1. The number of benzene rings is 2. The van der Waals surface area contributed by atoms with Crippen molar-refractivity contribution in [3.05, 3.63) is 65.4 Å². The highest BCUT2D eigenvalue weighted by atomic mass is 32.1. The molecule has 1 unspecified atom stereocenters. The summed E-state index contributed by atoms with van der Waals surface area (Å²) in [6.07, 6.45) is 1.88. The van der Waals surface area contributed by atoms with Crippen LogP contribution in [0, 0.1) is 26.7 Å². The molecule has 0 bridgehead atoms. The summed E-state index contributed by atoms with van der Waals surface area (Å²) in [6.45, 7) is 7.75. The number of aryl methyl sites for hydroxylation is 3. The zero-order valence-electron chi connectivity index (χ0n) is 18.6. The van der Waals surface area contributed by atoms with E-state index in [0.29, 0.717) is 6.54 Å². The molecule has 1 atom stereocenters. The molecule has 32 heavy (non-hydrogen) atoms. The Hall–Kier alpha value is -3.19. The summed E-state index contributed by atoms with van der Waals surface area (Å²) in [5.41, 5.74) is 6.10. The number of thiazole rings is 1. The van der Waals surface area contributed by atoms with Crippen molar-refractivity contribution < 1.29 is 4.79 Å². The maximum absolute atomic E-state index is 12.9. The number of hydrogen-bond donors (Lipinski definition) is 1. The molecule has 1 aliphatic heterocycles. The van der Waals surface area contributed by atoms with Crippen LogP contribution >= 0.6 is 11.3 Å². The van der Waals surface area contributed by atoms with Crippen molar-refractivity contribution in [2.45, 2.75) is 33.6 Å². The van der Waals surface area contributed by atoms with Gasteiger partial charge in [0.1, 0.15) is 0 Å². The first-order chi connectivity index (χ1) is 15.5. The average Bonchev–Trinajstić information content (AvgIpc) is 3.35. The highest BCUT2D eigenvalue weighted by molar-refractivity contribution is 7.22. The van der Waals surface area contributed by atoms with Gasteiger partial charge in [-0.05, 0) is 63.4 Å². The van der Waals surface area contributed by atoms with E-state index in [9.17, 15) is 4.79 Å². The van der Waals surface area contributed by atoms with Crippen molar-refractivity contribution >= 4 is 38.4 Å². The molecule has 2 aromatic carbocycles. The summed E-state index contributed by atoms with van der Waals surface area (Å²) in [5, 5.41) is 8.78. The van der Waals surface area contributed by atoms with E-state index in [-0.39, 0.29) is 11.8 Å². The fourth-order valence-corrected chi connectivity index (χ4v) is 5.28. The van der Waals surface area contributed by atoms with Gasteiger partial charge in [-0.2, -0.15) is 10.1 Å². The Morgan fingerprint density at radius 2 is 1.91 bits per heavy atom. The van der Waals surface area contributed by atoms with E-state index < -0.39 is 0 Å². The summed E-state index contributed by atoms with van der Waals surface area (Å²) in [6, 6.07) is 16.3. The van der Waals surface area contributed by atoms with Gasteiger partial charge in [0.15, 0.2) is 10.8 Å². The quantitative estimate of drug-likeness (QED) is 0.465. The molecule has 1 fully saturated rings. The Labute approximate surface area is 191 Å². The lowest BCUT2D eigenvalue weighted by Gasteiger charge is -2.31. The van der Waals surface area contributed by atoms with Gasteiger partial charge < -0.3 is 10.2 Å². The second kappa shape index (κ2) is 8.39. The van der Waals surface area contributed by atoms with Gasteiger partial charge in [0.25, 0.3) is 0 Å². The highest BCUT2D eigenvalue weighted by Gasteiger charge is 2.28. The van der Waals surface area contributed by atoms with Crippen LogP contribution in [-0.4, -0.2) is 33.8 Å². The van der Waals surface area contributed by atoms with Gasteiger partial charge >= 0.3 is 0 Å². The fourth-order valence-electron chi connectivity index (χ4n) is 4.26. The molecule has 4 aromatic rings. The average molecular weight is 446 g/mol. The van der Waals surface area contributed by atoms with Gasteiger partial charge in [-0.1, -0.05) is 41.2 Å². The van der Waals surface area contributed by atoms with E-state index in [1.807, 2.05) is 42.8 Å². The van der Waals surface area contributed by atoms with Gasteiger partial charge in [-0.3, -0.25) is 4.79 Å². The molecule has 2 aromatic heterocycles. The lowest BCUT2D eigenvalue weighted by molar-refractivity contribution is -0.120. The second-order valence-corrected chi connectivity index (χ2v) is 9.60. The number of nitrogens with zero attached hydrogens (tertiary/aromatic N) is 4. The number of carbonyl (C=O) groups is 1. The third-order valence-corrected chi connectivity index (χ3v) is 7.22. The maximum Gasteiger partial charge on any atom is 0.229 e. The molecule has 0 aliphatic carbocycles. The zero-order chi connectivity index (χ0) is 22.2. The fraction of sp³-hybridized carbons (Fsp3) is 0.320. The Morgan fingerprint density at radius 3 is 2.69 bits per heavy atom. The highest BCUT2D eigenvalue weighted by Crippen LogP contribution is 2.34. The molecule has 1 aliphatic rings. The zero-order valence-corrected chi connectivity index (χ0v) is 19.4. The van der Waals surface area contributed by atoms with E-state index in [4.69, 9.17) is 10.1 Å². The molecule has 6 nitrogen and oxygen atoms in total. The molecule has 164 valence electrons. The molecule has 1 amide bonds. The van der Waals surface area contributed by atoms with Gasteiger partial charge in [0.2, 0.25) is 5.91 Å². The monoisotopic (exact) mass is 445 g/mol. The molecular weight excluding hydrogens is 418 g/mol. The van der Waals surface area contributed by atoms with E-state index in [1.54, 1.807) is 11.3 Å². The molecule has 1 saturated heterocycles. The van der Waals surface area contributed by atoms with Crippen molar-refractivity contribution in [3.8, 4) is 5.69 Å². The van der Waals surface area contributed by atoms with Crippen LogP contribution in [0.4, 0.5) is 10.8 Å². The largest absolute Gasteiger partial charge is 0.347 e. The summed E-state index contributed by atoms with van der Waals surface area (Å²) >= 11 is 1.67. The lowest BCUT2D eigenvalue weighted by atomic mass is 9.97. The molecular formula is C25H27N5OS. The van der Waals surface area contributed by atoms with Crippen molar-refractivity contribution in [1.82, 2.24) is 14.8 Å². The third-order valence-electron chi connectivity index (χ3n) is 6.00. The minimum atomic E-state index is -0.0500. The predicted molar refractivity (Wildman–Crippen MR) is 131 cm³/mol. The topological polar surface area (TPSA) is 63.1 Å². The molecule has 3 heterocycles. The number of amides is 1. The molecule has 0 spiro atoms. The van der Waals surface area contributed by atoms with Crippen LogP contribution in [-0.2, 0) is 4.79 Å². The van der Waals surface area contributed by atoms with Crippen LogP contribution in [0.2, 0.25) is 0 Å². The first-order valence-corrected chi connectivity index (χ1v) is 11.9. The number of carbonyl (C=O) groups excluding carboxylic acids is 1. The first-order valence-electron chi connectivity index (χ1n) is 11.0. The van der Waals surface area contributed by atoms with Crippen LogP contribution in [0.15, 0.2) is 48.5 Å². The minimum Gasteiger partial charge on any atom is -0.347 e. The molecule has 0 radical (unpaired) electrons. The number of anilines is 2. The van der Waals surface area contributed by atoms with Crippen molar-refractivity contribution in [2.75, 3.05) is 23.3 Å². The summed E-state index contributed by atoms with van der Waals surface area (Å²) in [5.74, 6) is 0.0365. The van der Waals surface area contributed by atoms with Crippen molar-refractivity contribution in [3.63, 3.8) is 0 Å². The van der Waals surface area contributed by atoms with Gasteiger partial charge in [-0.15, -0.1) is 0 Å².